The summed E-state index contributed by atoms with van der Waals surface area (Å²) in [4.78, 5) is 18.9. The molecule has 3 rings (SSSR count). The summed E-state index contributed by atoms with van der Waals surface area (Å²) in [6.07, 6.45) is 1.27. The second-order valence-corrected chi connectivity index (χ2v) is 5.45. The van der Waals surface area contributed by atoms with Gasteiger partial charge < -0.3 is 5.11 Å². The normalized spacial score (nSPS) is 10.8. The van der Waals surface area contributed by atoms with Crippen molar-refractivity contribution in [1.82, 2.24) is 9.97 Å². The van der Waals surface area contributed by atoms with Crippen LogP contribution < -0.4 is 5.43 Å². The van der Waals surface area contributed by atoms with Crippen LogP contribution in [-0.2, 0) is 0 Å². The number of hydrazone groups is 1. The fraction of sp³-hybridized carbons (Fsp3) is 0.0556. The first-order valence-electron chi connectivity index (χ1n) is 7.70. The third-order valence-corrected chi connectivity index (χ3v) is 3.51. The second-order valence-electron chi connectivity index (χ2n) is 5.45. The van der Waals surface area contributed by atoms with E-state index in [1.54, 1.807) is 0 Å². The van der Waals surface area contributed by atoms with Crippen LogP contribution in [0.5, 0.6) is 5.75 Å². The zero-order valence-electron chi connectivity index (χ0n) is 13.8. The fourth-order valence-corrected chi connectivity index (χ4v) is 2.29. The first-order valence-corrected chi connectivity index (χ1v) is 7.70. The Morgan fingerprint density at radius 1 is 1.15 bits per heavy atom. The molecule has 1 aromatic heterocycles. The van der Waals surface area contributed by atoms with Gasteiger partial charge in [0.15, 0.2) is 0 Å². The molecule has 3 aromatic rings. The third kappa shape index (κ3) is 3.99. The molecule has 0 radical (unpaired) electrons. The van der Waals surface area contributed by atoms with Crippen LogP contribution in [0.25, 0.3) is 11.3 Å². The van der Waals surface area contributed by atoms with Gasteiger partial charge in [0, 0.05) is 29.0 Å². The van der Waals surface area contributed by atoms with Crippen molar-refractivity contribution in [2.75, 3.05) is 5.43 Å². The lowest BCUT2D eigenvalue weighted by atomic mass is 10.1. The second kappa shape index (κ2) is 7.39. The van der Waals surface area contributed by atoms with E-state index in [1.165, 1.54) is 24.4 Å². The van der Waals surface area contributed by atoms with Crippen LogP contribution in [0.15, 0.2) is 59.7 Å². The number of phenols is 1. The molecule has 0 spiro atoms. The maximum atomic E-state index is 10.8. The summed E-state index contributed by atoms with van der Waals surface area (Å²) in [5.41, 5.74) is 5.21. The maximum Gasteiger partial charge on any atom is 0.270 e. The molecule has 2 N–H and O–H groups in total. The molecule has 0 fully saturated rings. The molecule has 0 unspecified atom stereocenters. The number of phenolic OH excluding ortho intramolecular Hbond substituents is 1. The van der Waals surface area contributed by atoms with Crippen molar-refractivity contribution >= 4 is 17.9 Å². The van der Waals surface area contributed by atoms with Gasteiger partial charge >= 0.3 is 0 Å². The summed E-state index contributed by atoms with van der Waals surface area (Å²) in [6, 6.07) is 15.2. The summed E-state index contributed by atoms with van der Waals surface area (Å²) >= 11 is 0. The van der Waals surface area contributed by atoms with Crippen molar-refractivity contribution in [3.05, 3.63) is 76.0 Å². The summed E-state index contributed by atoms with van der Waals surface area (Å²) in [5.74, 6) is 0.168. The van der Waals surface area contributed by atoms with Crippen molar-refractivity contribution in [3.63, 3.8) is 0 Å². The molecule has 0 aliphatic heterocycles. The van der Waals surface area contributed by atoms with Gasteiger partial charge in [-0.1, -0.05) is 30.3 Å². The molecule has 0 amide bonds. The van der Waals surface area contributed by atoms with E-state index in [0.29, 0.717) is 0 Å². The Hall–Kier alpha value is -3.81. The molecule has 0 aliphatic carbocycles. The number of benzene rings is 2. The van der Waals surface area contributed by atoms with Gasteiger partial charge in [-0.25, -0.2) is 15.4 Å². The maximum absolute atomic E-state index is 10.8. The number of aryl methyl sites for hydroxylation is 1. The van der Waals surface area contributed by atoms with Crippen molar-refractivity contribution in [2.24, 2.45) is 5.10 Å². The number of rotatable bonds is 5. The van der Waals surface area contributed by atoms with E-state index < -0.39 is 4.92 Å². The topological polar surface area (TPSA) is 114 Å². The molecule has 130 valence electrons. The van der Waals surface area contributed by atoms with Crippen LogP contribution in [0.3, 0.4) is 0 Å². The number of nitrogens with zero attached hydrogens (tertiary/aromatic N) is 4. The highest BCUT2D eigenvalue weighted by Crippen LogP contribution is 2.22. The zero-order valence-corrected chi connectivity index (χ0v) is 13.8. The number of nitro groups is 1. The van der Waals surface area contributed by atoms with Gasteiger partial charge in [-0.2, -0.15) is 5.10 Å². The van der Waals surface area contributed by atoms with E-state index >= 15 is 0 Å². The van der Waals surface area contributed by atoms with Gasteiger partial charge in [-0.15, -0.1) is 0 Å². The number of nitrogens with one attached hydrogen (secondary N) is 1. The highest BCUT2D eigenvalue weighted by atomic mass is 16.6. The first kappa shape index (κ1) is 17.0. The molecule has 0 bridgehead atoms. The Labute approximate surface area is 149 Å². The number of hydrogen-bond acceptors (Lipinski definition) is 7. The van der Waals surface area contributed by atoms with Crippen LogP contribution in [0, 0.1) is 17.0 Å². The number of nitro benzene ring substituents is 1. The van der Waals surface area contributed by atoms with Gasteiger partial charge in [0.25, 0.3) is 5.69 Å². The van der Waals surface area contributed by atoms with E-state index in [1.807, 2.05) is 43.3 Å². The Balaban J connectivity index is 1.82. The average Bonchev–Trinajstić information content (AvgIpc) is 2.63. The van der Waals surface area contributed by atoms with E-state index in [-0.39, 0.29) is 22.9 Å². The number of anilines is 1. The fourth-order valence-electron chi connectivity index (χ4n) is 2.29. The molecule has 8 heteroatoms. The average molecular weight is 349 g/mol. The third-order valence-electron chi connectivity index (χ3n) is 3.51. The highest BCUT2D eigenvalue weighted by Gasteiger charge is 2.09. The smallest absolute Gasteiger partial charge is 0.270 e. The minimum Gasteiger partial charge on any atom is -0.507 e. The molecule has 26 heavy (non-hydrogen) atoms. The number of hydrogen-bond donors (Lipinski definition) is 2. The van der Waals surface area contributed by atoms with Crippen LogP contribution in [-0.4, -0.2) is 26.2 Å². The van der Waals surface area contributed by atoms with Crippen molar-refractivity contribution in [1.29, 1.82) is 0 Å². The largest absolute Gasteiger partial charge is 0.507 e. The standard InChI is InChI=1S/C18H15N5O3/c1-12-9-16(13-5-3-2-4-6-13)21-18(20-12)22-19-11-14-10-15(23(25)26)7-8-17(14)24/h2-11,24H,1H3,(H,20,21,22)/b19-11+. The number of non-ortho nitro benzene ring substituents is 1. The lowest BCUT2D eigenvalue weighted by Gasteiger charge is -2.05. The van der Waals surface area contributed by atoms with Gasteiger partial charge in [0.2, 0.25) is 5.95 Å². The Kier molecular flexibility index (Phi) is 4.84. The Morgan fingerprint density at radius 3 is 2.65 bits per heavy atom. The van der Waals surface area contributed by atoms with E-state index in [0.717, 1.165) is 17.0 Å². The molecule has 0 atom stereocenters. The van der Waals surface area contributed by atoms with Crippen LogP contribution in [0.2, 0.25) is 0 Å². The van der Waals surface area contributed by atoms with Gasteiger partial charge in [0.05, 0.1) is 16.8 Å². The highest BCUT2D eigenvalue weighted by molar-refractivity contribution is 5.84. The molecule has 1 heterocycles. The van der Waals surface area contributed by atoms with Crippen molar-refractivity contribution < 1.29 is 10.0 Å². The molecular weight excluding hydrogens is 334 g/mol. The van der Waals surface area contributed by atoms with Gasteiger partial charge in [0.1, 0.15) is 5.75 Å². The van der Waals surface area contributed by atoms with E-state index in [2.05, 4.69) is 20.5 Å². The zero-order chi connectivity index (χ0) is 18.5. The van der Waals surface area contributed by atoms with Gasteiger partial charge in [-0.3, -0.25) is 10.1 Å². The summed E-state index contributed by atoms with van der Waals surface area (Å²) in [5, 5.41) is 24.6. The summed E-state index contributed by atoms with van der Waals surface area (Å²) in [6.45, 7) is 1.84. The quantitative estimate of drug-likeness (QED) is 0.414. The Morgan fingerprint density at radius 2 is 1.92 bits per heavy atom. The predicted molar refractivity (Wildman–Crippen MR) is 98.2 cm³/mol. The lowest BCUT2D eigenvalue weighted by molar-refractivity contribution is -0.384. The van der Waals surface area contributed by atoms with Crippen LogP contribution >= 0.6 is 0 Å². The van der Waals surface area contributed by atoms with E-state index in [4.69, 9.17) is 0 Å². The molecule has 8 nitrogen and oxygen atoms in total. The summed E-state index contributed by atoms with van der Waals surface area (Å²) in [7, 11) is 0. The van der Waals surface area contributed by atoms with Crippen LogP contribution in [0.1, 0.15) is 11.3 Å². The number of aromatic hydroxyl groups is 1. The lowest BCUT2D eigenvalue weighted by Crippen LogP contribution is -2.00. The molecule has 0 saturated heterocycles. The monoisotopic (exact) mass is 349 g/mol. The molecular formula is C18H15N5O3. The minimum atomic E-state index is -0.542. The van der Waals surface area contributed by atoms with Gasteiger partial charge in [-0.05, 0) is 19.1 Å². The molecule has 2 aromatic carbocycles. The van der Waals surface area contributed by atoms with Crippen molar-refractivity contribution in [3.8, 4) is 17.0 Å². The summed E-state index contributed by atoms with van der Waals surface area (Å²) < 4.78 is 0. The first-order chi connectivity index (χ1) is 12.5. The van der Waals surface area contributed by atoms with Crippen molar-refractivity contribution in [2.45, 2.75) is 6.92 Å². The SMILES string of the molecule is Cc1cc(-c2ccccc2)nc(N/N=C/c2cc([N+](=O)[O-])ccc2O)n1. The number of aromatic nitrogens is 2. The van der Waals surface area contributed by atoms with E-state index in [9.17, 15) is 15.2 Å². The van der Waals surface area contributed by atoms with Crippen LogP contribution in [0.4, 0.5) is 11.6 Å². The minimum absolute atomic E-state index is 0.115. The Bertz CT molecular complexity index is 974. The molecule has 0 saturated carbocycles. The molecule has 0 aliphatic rings. The predicted octanol–water partition coefficient (Wildman–Crippen LogP) is 3.51.